The first-order valence-electron chi connectivity index (χ1n) is 3.96. The molecule has 1 N–H and O–H groups in total. The second-order valence-corrected chi connectivity index (χ2v) is 2.88. The van der Waals surface area contributed by atoms with Gasteiger partial charge in [0.1, 0.15) is 0 Å². The molecule has 3 heteroatoms. The van der Waals surface area contributed by atoms with Crippen LogP contribution in [0.2, 0.25) is 0 Å². The zero-order valence-corrected chi connectivity index (χ0v) is 7.08. The Kier molecular flexibility index (Phi) is 6.04. The summed E-state index contributed by atoms with van der Waals surface area (Å²) in [4.78, 5) is 10.2. The molecule has 0 aliphatic rings. The molecule has 0 aliphatic heterocycles. The van der Waals surface area contributed by atoms with Gasteiger partial charge in [-0.25, -0.2) is 0 Å². The standard InChI is InChI=1S/C10H12O2.Na.H/c1-8-2-4-9(5-3-8)6-7-10(11)12;;/h2-5H,6-7H2,1H3,(H,11,12);;. The van der Waals surface area contributed by atoms with E-state index >= 15 is 0 Å². The molecule has 0 aromatic heterocycles. The molecule has 66 valence electrons. The summed E-state index contributed by atoms with van der Waals surface area (Å²) in [5.74, 6) is -0.740. The maximum atomic E-state index is 10.2. The van der Waals surface area contributed by atoms with Crippen LogP contribution in [0.25, 0.3) is 0 Å². The number of benzene rings is 1. The Bertz CT molecular complexity index is 267. The Balaban J connectivity index is 0.00000144. The fraction of sp³-hybridized carbons (Fsp3) is 0.300. The van der Waals surface area contributed by atoms with Crippen LogP contribution >= 0.6 is 0 Å². The number of carboxylic acid groups (broad SMARTS) is 1. The van der Waals surface area contributed by atoms with Gasteiger partial charge in [-0.2, -0.15) is 0 Å². The molecule has 0 fully saturated rings. The van der Waals surface area contributed by atoms with E-state index in [-0.39, 0.29) is 36.0 Å². The quantitative estimate of drug-likeness (QED) is 0.727. The topological polar surface area (TPSA) is 37.3 Å². The summed E-state index contributed by atoms with van der Waals surface area (Å²) >= 11 is 0. The van der Waals surface area contributed by atoms with Gasteiger partial charge in [0, 0.05) is 6.42 Å². The van der Waals surface area contributed by atoms with E-state index < -0.39 is 5.97 Å². The molecule has 0 bridgehead atoms. The fourth-order valence-electron chi connectivity index (χ4n) is 1.01. The third-order valence-corrected chi connectivity index (χ3v) is 1.75. The molecule has 0 amide bonds. The number of rotatable bonds is 3. The molecule has 0 spiro atoms. The zero-order valence-electron chi connectivity index (χ0n) is 7.08. The Hall–Kier alpha value is -0.310. The van der Waals surface area contributed by atoms with Crippen molar-refractivity contribution in [1.29, 1.82) is 0 Å². The van der Waals surface area contributed by atoms with Crippen molar-refractivity contribution in [1.82, 2.24) is 0 Å². The van der Waals surface area contributed by atoms with E-state index in [1.807, 2.05) is 31.2 Å². The Morgan fingerprint density at radius 1 is 1.31 bits per heavy atom. The molecule has 0 saturated carbocycles. The molecule has 2 nitrogen and oxygen atoms in total. The molecule has 0 unspecified atom stereocenters. The summed E-state index contributed by atoms with van der Waals surface area (Å²) in [7, 11) is 0. The van der Waals surface area contributed by atoms with E-state index in [4.69, 9.17) is 5.11 Å². The van der Waals surface area contributed by atoms with Gasteiger partial charge in [-0.1, -0.05) is 29.8 Å². The summed E-state index contributed by atoms with van der Waals surface area (Å²) in [5, 5.41) is 8.43. The van der Waals surface area contributed by atoms with Crippen LogP contribution in [0, 0.1) is 6.92 Å². The molecular formula is C10H13NaO2. The monoisotopic (exact) mass is 188 g/mol. The van der Waals surface area contributed by atoms with Gasteiger partial charge in [-0.15, -0.1) is 0 Å². The van der Waals surface area contributed by atoms with Gasteiger partial charge in [-0.05, 0) is 18.9 Å². The molecular weight excluding hydrogens is 175 g/mol. The van der Waals surface area contributed by atoms with Crippen molar-refractivity contribution in [3.63, 3.8) is 0 Å². The van der Waals surface area contributed by atoms with Crippen LogP contribution in [0.3, 0.4) is 0 Å². The molecule has 0 atom stereocenters. The van der Waals surface area contributed by atoms with E-state index in [9.17, 15) is 4.79 Å². The van der Waals surface area contributed by atoms with Crippen molar-refractivity contribution >= 4 is 35.5 Å². The minimum atomic E-state index is -0.740. The van der Waals surface area contributed by atoms with Crippen LogP contribution < -0.4 is 0 Å². The third-order valence-electron chi connectivity index (χ3n) is 1.75. The molecule has 0 radical (unpaired) electrons. The number of aliphatic carboxylic acids is 1. The van der Waals surface area contributed by atoms with E-state index in [1.165, 1.54) is 5.56 Å². The molecule has 0 saturated heterocycles. The first kappa shape index (κ1) is 12.7. The molecule has 0 heterocycles. The molecule has 1 aromatic rings. The van der Waals surface area contributed by atoms with Crippen molar-refractivity contribution in [3.8, 4) is 0 Å². The van der Waals surface area contributed by atoms with Gasteiger partial charge >= 0.3 is 35.5 Å². The van der Waals surface area contributed by atoms with E-state index in [1.54, 1.807) is 0 Å². The van der Waals surface area contributed by atoms with Crippen LogP contribution in [0.5, 0.6) is 0 Å². The van der Waals surface area contributed by atoms with E-state index in [0.717, 1.165) is 5.56 Å². The van der Waals surface area contributed by atoms with Gasteiger partial charge in [-0.3, -0.25) is 4.79 Å². The number of aryl methyl sites for hydroxylation is 2. The zero-order chi connectivity index (χ0) is 8.97. The molecule has 13 heavy (non-hydrogen) atoms. The Labute approximate surface area is 100 Å². The minimum absolute atomic E-state index is 0. The van der Waals surface area contributed by atoms with Gasteiger partial charge in [0.2, 0.25) is 0 Å². The number of carbonyl (C=O) groups is 1. The first-order valence-corrected chi connectivity index (χ1v) is 3.96. The van der Waals surface area contributed by atoms with Crippen LogP contribution in [-0.2, 0) is 11.2 Å². The summed E-state index contributed by atoms with van der Waals surface area (Å²) in [6, 6.07) is 7.94. The van der Waals surface area contributed by atoms with Crippen molar-refractivity contribution < 1.29 is 9.90 Å². The number of hydrogen-bond acceptors (Lipinski definition) is 1. The summed E-state index contributed by atoms with van der Waals surface area (Å²) < 4.78 is 0. The van der Waals surface area contributed by atoms with E-state index in [0.29, 0.717) is 6.42 Å². The van der Waals surface area contributed by atoms with Gasteiger partial charge < -0.3 is 5.11 Å². The Morgan fingerprint density at radius 2 is 1.85 bits per heavy atom. The number of hydrogen-bond donors (Lipinski definition) is 1. The van der Waals surface area contributed by atoms with Crippen molar-refractivity contribution in [2.45, 2.75) is 19.8 Å². The predicted octanol–water partition coefficient (Wildman–Crippen LogP) is 1.36. The predicted molar refractivity (Wildman–Crippen MR) is 54.3 cm³/mol. The average Bonchev–Trinajstić information content (AvgIpc) is 2.03. The molecule has 0 aliphatic carbocycles. The van der Waals surface area contributed by atoms with Crippen LogP contribution in [0.15, 0.2) is 24.3 Å². The fourth-order valence-corrected chi connectivity index (χ4v) is 1.01. The molecule has 1 rings (SSSR count). The Morgan fingerprint density at radius 3 is 2.31 bits per heavy atom. The number of carboxylic acids is 1. The third kappa shape index (κ3) is 5.09. The van der Waals surface area contributed by atoms with Crippen LogP contribution in [0.1, 0.15) is 17.5 Å². The van der Waals surface area contributed by atoms with Crippen molar-refractivity contribution in [3.05, 3.63) is 35.4 Å². The van der Waals surface area contributed by atoms with Crippen molar-refractivity contribution in [2.75, 3.05) is 0 Å². The van der Waals surface area contributed by atoms with Crippen molar-refractivity contribution in [2.24, 2.45) is 0 Å². The van der Waals surface area contributed by atoms with Crippen LogP contribution in [-0.4, -0.2) is 40.6 Å². The summed E-state index contributed by atoms with van der Waals surface area (Å²) in [6.07, 6.45) is 0.832. The summed E-state index contributed by atoms with van der Waals surface area (Å²) in [6.45, 7) is 2.01. The van der Waals surface area contributed by atoms with E-state index in [2.05, 4.69) is 0 Å². The SMILES string of the molecule is Cc1ccc(CCC(=O)O)cc1.[NaH]. The van der Waals surface area contributed by atoms with Gasteiger partial charge in [0.15, 0.2) is 0 Å². The second-order valence-electron chi connectivity index (χ2n) is 2.88. The van der Waals surface area contributed by atoms with Gasteiger partial charge in [0.25, 0.3) is 0 Å². The maximum absolute atomic E-state index is 10.2. The summed E-state index contributed by atoms with van der Waals surface area (Å²) in [5.41, 5.74) is 2.29. The normalized spacial score (nSPS) is 9.00. The first-order chi connectivity index (χ1) is 5.68. The second kappa shape index (κ2) is 6.19. The van der Waals surface area contributed by atoms with Gasteiger partial charge in [0.05, 0.1) is 0 Å². The molecule has 1 aromatic carbocycles. The average molecular weight is 188 g/mol. The van der Waals surface area contributed by atoms with Crippen LogP contribution in [0.4, 0.5) is 0 Å².